The van der Waals surface area contributed by atoms with Gasteiger partial charge in [0.05, 0.1) is 24.7 Å². The Bertz CT molecular complexity index is 405. The molecule has 0 unspecified atom stereocenters. The van der Waals surface area contributed by atoms with Crippen LogP contribution in [0, 0.1) is 28.6 Å². The summed E-state index contributed by atoms with van der Waals surface area (Å²) < 4.78 is 5.19. The van der Waals surface area contributed by atoms with Gasteiger partial charge in [0, 0.05) is 5.92 Å². The van der Waals surface area contributed by atoms with Crippen LogP contribution in [0.15, 0.2) is 0 Å². The number of cyclic esters (lactones) is 1. The topological polar surface area (TPSA) is 66.8 Å². The minimum atomic E-state index is -0.841. The molecule has 0 spiro atoms. The van der Waals surface area contributed by atoms with Gasteiger partial charge in [-0.25, -0.2) is 0 Å². The molecule has 108 valence electrons. The Labute approximate surface area is 114 Å². The summed E-state index contributed by atoms with van der Waals surface area (Å²) in [5.41, 5.74) is -0.306. The van der Waals surface area contributed by atoms with E-state index in [0.29, 0.717) is 0 Å². The van der Waals surface area contributed by atoms with Crippen molar-refractivity contribution >= 4 is 5.97 Å². The fourth-order valence-electron chi connectivity index (χ4n) is 5.37. The minimum Gasteiger partial charge on any atom is -0.465 e. The summed E-state index contributed by atoms with van der Waals surface area (Å²) in [6.45, 7) is 6.65. The predicted molar refractivity (Wildman–Crippen MR) is 69.2 cm³/mol. The number of ether oxygens (including phenoxy) is 1. The molecule has 6 atom stereocenters. The molecule has 0 aromatic carbocycles. The molecule has 0 amide bonds. The van der Waals surface area contributed by atoms with Gasteiger partial charge in [-0.2, -0.15) is 0 Å². The second-order valence-corrected chi connectivity index (χ2v) is 7.58. The average molecular weight is 268 g/mol. The number of rotatable bonds is 0. The largest absolute Gasteiger partial charge is 0.465 e. The number of esters is 1. The predicted octanol–water partition coefficient (Wildman–Crippen LogP) is 1.34. The van der Waals surface area contributed by atoms with Crippen LogP contribution in [-0.4, -0.2) is 35.0 Å². The van der Waals surface area contributed by atoms with E-state index in [1.807, 2.05) is 0 Å². The van der Waals surface area contributed by atoms with Crippen molar-refractivity contribution in [2.75, 3.05) is 6.61 Å². The maximum absolute atomic E-state index is 12.1. The quantitative estimate of drug-likeness (QED) is 0.651. The first-order valence-corrected chi connectivity index (χ1v) is 7.32. The van der Waals surface area contributed by atoms with Crippen LogP contribution in [0.3, 0.4) is 0 Å². The van der Waals surface area contributed by atoms with Crippen LogP contribution in [0.4, 0.5) is 0 Å². The molecule has 3 rings (SSSR count). The zero-order valence-electron chi connectivity index (χ0n) is 11.9. The molecule has 1 saturated heterocycles. The Balaban J connectivity index is 2.08. The summed E-state index contributed by atoms with van der Waals surface area (Å²) in [6.07, 6.45) is 1.44. The third-order valence-electron chi connectivity index (χ3n) is 6.03. The van der Waals surface area contributed by atoms with Crippen molar-refractivity contribution < 1.29 is 19.7 Å². The van der Waals surface area contributed by atoms with Crippen molar-refractivity contribution in [1.29, 1.82) is 0 Å². The molecule has 2 aliphatic carbocycles. The Hall–Kier alpha value is -0.610. The second kappa shape index (κ2) is 3.95. The highest BCUT2D eigenvalue weighted by molar-refractivity contribution is 5.76. The van der Waals surface area contributed by atoms with E-state index < -0.39 is 12.2 Å². The average Bonchev–Trinajstić information content (AvgIpc) is 2.68. The molecule has 4 nitrogen and oxygen atoms in total. The summed E-state index contributed by atoms with van der Waals surface area (Å²) in [7, 11) is 0. The molecule has 1 aliphatic heterocycles. The smallest absolute Gasteiger partial charge is 0.310 e. The first kappa shape index (κ1) is 13.4. The summed E-state index contributed by atoms with van der Waals surface area (Å²) in [4.78, 5) is 12.1. The van der Waals surface area contributed by atoms with E-state index in [-0.39, 0.29) is 41.2 Å². The molecule has 3 fully saturated rings. The number of hydrogen-bond donors (Lipinski definition) is 2. The Morgan fingerprint density at radius 3 is 2.53 bits per heavy atom. The number of carbonyl (C=O) groups excluding carboxylic acids is 1. The Morgan fingerprint density at radius 2 is 1.84 bits per heavy atom. The molecule has 0 bridgehead atoms. The van der Waals surface area contributed by atoms with Crippen molar-refractivity contribution in [2.24, 2.45) is 28.6 Å². The number of carbonyl (C=O) groups is 1. The van der Waals surface area contributed by atoms with Crippen molar-refractivity contribution in [2.45, 2.75) is 52.2 Å². The maximum Gasteiger partial charge on any atom is 0.310 e. The van der Waals surface area contributed by atoms with Crippen molar-refractivity contribution in [3.63, 3.8) is 0 Å². The molecular weight excluding hydrogens is 244 g/mol. The lowest BCUT2D eigenvalue weighted by atomic mass is 9.45. The van der Waals surface area contributed by atoms with Gasteiger partial charge in [0.2, 0.25) is 0 Å². The van der Waals surface area contributed by atoms with E-state index in [1.54, 1.807) is 0 Å². The molecule has 3 aliphatic rings. The van der Waals surface area contributed by atoms with E-state index in [4.69, 9.17) is 4.74 Å². The maximum atomic E-state index is 12.1. The zero-order valence-corrected chi connectivity index (χ0v) is 11.9. The molecule has 0 aromatic rings. The summed E-state index contributed by atoms with van der Waals surface area (Å²) in [5.74, 6) is -0.718. The van der Waals surface area contributed by atoms with Crippen LogP contribution >= 0.6 is 0 Å². The lowest BCUT2D eigenvalue weighted by molar-refractivity contribution is -0.200. The summed E-state index contributed by atoms with van der Waals surface area (Å²) in [6, 6.07) is 0. The fraction of sp³-hybridized carbons (Fsp3) is 0.933. The monoisotopic (exact) mass is 268 g/mol. The van der Waals surface area contributed by atoms with Crippen molar-refractivity contribution in [3.8, 4) is 0 Å². The summed E-state index contributed by atoms with van der Waals surface area (Å²) >= 11 is 0. The highest BCUT2D eigenvalue weighted by atomic mass is 16.5. The number of fused-ring (bicyclic) bond motifs is 3. The number of aliphatic hydroxyl groups is 2. The molecule has 1 heterocycles. The van der Waals surface area contributed by atoms with Gasteiger partial charge in [0.25, 0.3) is 0 Å². The van der Waals surface area contributed by atoms with Gasteiger partial charge in [-0.1, -0.05) is 27.2 Å². The van der Waals surface area contributed by atoms with E-state index in [9.17, 15) is 15.0 Å². The second-order valence-electron chi connectivity index (χ2n) is 7.58. The normalized spacial score (nSPS) is 52.3. The summed E-state index contributed by atoms with van der Waals surface area (Å²) in [5, 5.41) is 21.0. The van der Waals surface area contributed by atoms with E-state index >= 15 is 0 Å². The van der Waals surface area contributed by atoms with Gasteiger partial charge in [-0.15, -0.1) is 0 Å². The highest BCUT2D eigenvalue weighted by Crippen LogP contribution is 2.62. The van der Waals surface area contributed by atoms with E-state index in [0.717, 1.165) is 19.3 Å². The van der Waals surface area contributed by atoms with Crippen molar-refractivity contribution in [1.82, 2.24) is 0 Å². The van der Waals surface area contributed by atoms with Gasteiger partial charge >= 0.3 is 5.97 Å². The van der Waals surface area contributed by atoms with Gasteiger partial charge < -0.3 is 14.9 Å². The van der Waals surface area contributed by atoms with Crippen LogP contribution < -0.4 is 0 Å². The van der Waals surface area contributed by atoms with Gasteiger partial charge in [0.15, 0.2) is 0 Å². The Kier molecular flexibility index (Phi) is 2.78. The number of aliphatic hydroxyl groups excluding tert-OH is 2. The first-order chi connectivity index (χ1) is 8.79. The molecule has 19 heavy (non-hydrogen) atoms. The molecular formula is C15H24O4. The molecule has 0 aromatic heterocycles. The first-order valence-electron chi connectivity index (χ1n) is 7.32. The molecule has 2 saturated carbocycles. The van der Waals surface area contributed by atoms with Gasteiger partial charge in [-0.3, -0.25) is 4.79 Å². The third-order valence-corrected chi connectivity index (χ3v) is 6.03. The SMILES string of the molecule is CC1(C)CCC[C@@]2(C)[C@H]3C(=O)OC[C@@H]3[C@@H](O)[C@H](O)[C@@H]12. The standard InChI is InChI=1S/C15H24O4/c1-14(2)5-4-6-15(3)9-8(7-19-13(9)18)10(16)11(17)12(14)15/h8-12,16-17H,4-7H2,1-3H3/t8-,9+,10+,11-,12-,15-/m0/s1. The van der Waals surface area contributed by atoms with E-state index in [1.165, 1.54) is 0 Å². The van der Waals surface area contributed by atoms with Crippen LogP contribution in [-0.2, 0) is 9.53 Å². The fourth-order valence-corrected chi connectivity index (χ4v) is 5.37. The zero-order chi connectivity index (χ0) is 14.0. The number of hydrogen-bond acceptors (Lipinski definition) is 4. The Morgan fingerprint density at radius 1 is 1.16 bits per heavy atom. The molecule has 4 heteroatoms. The van der Waals surface area contributed by atoms with Crippen LogP contribution in [0.1, 0.15) is 40.0 Å². The van der Waals surface area contributed by atoms with E-state index in [2.05, 4.69) is 20.8 Å². The third kappa shape index (κ3) is 1.62. The molecule has 0 radical (unpaired) electrons. The minimum absolute atomic E-state index is 0.0457. The highest BCUT2D eigenvalue weighted by Gasteiger charge is 2.65. The van der Waals surface area contributed by atoms with Crippen molar-refractivity contribution in [3.05, 3.63) is 0 Å². The van der Waals surface area contributed by atoms with Crippen LogP contribution in [0.2, 0.25) is 0 Å². The molecule has 2 N–H and O–H groups in total. The van der Waals surface area contributed by atoms with Gasteiger partial charge in [0.1, 0.15) is 0 Å². The lowest BCUT2D eigenvalue weighted by Crippen LogP contribution is -2.63. The van der Waals surface area contributed by atoms with Gasteiger partial charge in [-0.05, 0) is 29.6 Å². The lowest BCUT2D eigenvalue weighted by Gasteiger charge is -2.59. The van der Waals surface area contributed by atoms with Crippen LogP contribution in [0.5, 0.6) is 0 Å². The van der Waals surface area contributed by atoms with Crippen LogP contribution in [0.25, 0.3) is 0 Å².